The van der Waals surface area contributed by atoms with Gasteiger partial charge in [-0.1, -0.05) is 42.8 Å². The zero-order valence-corrected chi connectivity index (χ0v) is 13.6. The Morgan fingerprint density at radius 1 is 1.10 bits per heavy atom. The van der Waals surface area contributed by atoms with Crippen LogP contribution in [0.25, 0.3) is 10.8 Å². The Kier molecular flexibility index (Phi) is 4.08. The van der Waals surface area contributed by atoms with Gasteiger partial charge in [0.1, 0.15) is 16.2 Å². The van der Waals surface area contributed by atoms with Gasteiger partial charge in [0.25, 0.3) is 0 Å². The SMILES string of the molecule is CCc1nc(Br)cc(Oc2ccc(Cl)c3ccccc23)n1. The minimum atomic E-state index is 0.515. The van der Waals surface area contributed by atoms with Crippen molar-refractivity contribution in [2.45, 2.75) is 13.3 Å². The van der Waals surface area contributed by atoms with Gasteiger partial charge in [-0.25, -0.2) is 4.98 Å². The van der Waals surface area contributed by atoms with Gasteiger partial charge in [-0.15, -0.1) is 0 Å². The third-order valence-corrected chi connectivity index (χ3v) is 3.82. The summed E-state index contributed by atoms with van der Waals surface area (Å²) >= 11 is 9.59. The van der Waals surface area contributed by atoms with Crippen LogP contribution in [0.4, 0.5) is 0 Å². The smallest absolute Gasteiger partial charge is 0.223 e. The van der Waals surface area contributed by atoms with Crippen molar-refractivity contribution in [3.05, 3.63) is 57.9 Å². The molecule has 3 aromatic rings. The van der Waals surface area contributed by atoms with Crippen LogP contribution in [-0.2, 0) is 6.42 Å². The quantitative estimate of drug-likeness (QED) is 0.584. The first kappa shape index (κ1) is 14.3. The number of rotatable bonds is 3. The molecule has 5 heteroatoms. The van der Waals surface area contributed by atoms with Crippen molar-refractivity contribution >= 4 is 38.3 Å². The molecule has 3 rings (SSSR count). The summed E-state index contributed by atoms with van der Waals surface area (Å²) in [5.74, 6) is 1.97. The van der Waals surface area contributed by atoms with E-state index in [1.807, 2.05) is 43.3 Å². The number of ether oxygens (including phenoxy) is 1. The van der Waals surface area contributed by atoms with Gasteiger partial charge in [-0.2, -0.15) is 4.98 Å². The van der Waals surface area contributed by atoms with E-state index in [9.17, 15) is 0 Å². The van der Waals surface area contributed by atoms with Crippen molar-refractivity contribution in [3.8, 4) is 11.6 Å². The highest BCUT2D eigenvalue weighted by molar-refractivity contribution is 9.10. The van der Waals surface area contributed by atoms with E-state index < -0.39 is 0 Å². The van der Waals surface area contributed by atoms with Crippen LogP contribution in [0.3, 0.4) is 0 Å². The molecule has 1 aromatic heterocycles. The van der Waals surface area contributed by atoms with E-state index in [2.05, 4.69) is 25.9 Å². The predicted molar refractivity (Wildman–Crippen MR) is 88.1 cm³/mol. The fourth-order valence-electron chi connectivity index (χ4n) is 2.09. The Bertz CT molecular complexity index is 807. The summed E-state index contributed by atoms with van der Waals surface area (Å²) in [7, 11) is 0. The number of hydrogen-bond acceptors (Lipinski definition) is 3. The first-order valence-corrected chi connectivity index (χ1v) is 7.73. The van der Waals surface area contributed by atoms with Gasteiger partial charge in [0.05, 0.1) is 0 Å². The highest BCUT2D eigenvalue weighted by Crippen LogP contribution is 2.33. The largest absolute Gasteiger partial charge is 0.438 e. The maximum absolute atomic E-state index is 6.22. The van der Waals surface area contributed by atoms with Crippen molar-refractivity contribution in [2.75, 3.05) is 0 Å². The molecule has 1 heterocycles. The summed E-state index contributed by atoms with van der Waals surface area (Å²) in [5, 5.41) is 2.62. The van der Waals surface area contributed by atoms with Crippen LogP contribution in [0.5, 0.6) is 11.6 Å². The van der Waals surface area contributed by atoms with Crippen molar-refractivity contribution < 1.29 is 4.74 Å². The minimum Gasteiger partial charge on any atom is -0.438 e. The summed E-state index contributed by atoms with van der Waals surface area (Å²) in [5.41, 5.74) is 0. The molecule has 3 nitrogen and oxygen atoms in total. The molecule has 0 aliphatic rings. The van der Waals surface area contributed by atoms with E-state index in [4.69, 9.17) is 16.3 Å². The van der Waals surface area contributed by atoms with Gasteiger partial charge in [0.2, 0.25) is 5.88 Å². The van der Waals surface area contributed by atoms with Gasteiger partial charge in [-0.3, -0.25) is 0 Å². The maximum Gasteiger partial charge on any atom is 0.223 e. The van der Waals surface area contributed by atoms with Crippen molar-refractivity contribution in [1.29, 1.82) is 0 Å². The number of fused-ring (bicyclic) bond motifs is 1. The predicted octanol–water partition coefficient (Wildman–Crippen LogP) is 5.40. The standard InChI is InChI=1S/C16H12BrClN2O/c1-2-15-19-14(17)9-16(20-15)21-13-8-7-12(18)10-5-3-4-6-11(10)13/h3-9H,2H2,1H3. The first-order valence-electron chi connectivity index (χ1n) is 6.56. The molecule has 0 spiro atoms. The second-order valence-corrected chi connectivity index (χ2v) is 5.71. The molecule has 0 bridgehead atoms. The summed E-state index contributed by atoms with van der Waals surface area (Å²) in [4.78, 5) is 8.66. The summed E-state index contributed by atoms with van der Waals surface area (Å²) in [6.07, 6.45) is 0.747. The average Bonchev–Trinajstić information content (AvgIpc) is 2.50. The Hall–Kier alpha value is -1.65. The summed E-state index contributed by atoms with van der Waals surface area (Å²) in [6, 6.07) is 13.3. The molecule has 0 atom stereocenters. The summed E-state index contributed by atoms with van der Waals surface area (Å²) in [6.45, 7) is 2.00. The van der Waals surface area contributed by atoms with Crippen LogP contribution in [0, 0.1) is 0 Å². The minimum absolute atomic E-state index is 0.515. The molecular weight excluding hydrogens is 352 g/mol. The van der Waals surface area contributed by atoms with Gasteiger partial charge in [0.15, 0.2) is 0 Å². The van der Waals surface area contributed by atoms with Crippen LogP contribution in [0.15, 0.2) is 47.1 Å². The van der Waals surface area contributed by atoms with Gasteiger partial charge in [0, 0.05) is 28.3 Å². The zero-order chi connectivity index (χ0) is 14.8. The molecule has 2 aromatic carbocycles. The molecule has 21 heavy (non-hydrogen) atoms. The molecular formula is C16H12BrClN2O. The topological polar surface area (TPSA) is 35.0 Å². The fraction of sp³-hybridized carbons (Fsp3) is 0.125. The van der Waals surface area contributed by atoms with Crippen LogP contribution < -0.4 is 4.74 Å². The van der Waals surface area contributed by atoms with Crippen molar-refractivity contribution in [3.63, 3.8) is 0 Å². The fourth-order valence-corrected chi connectivity index (χ4v) is 2.72. The molecule has 0 saturated heterocycles. The zero-order valence-electron chi connectivity index (χ0n) is 11.3. The van der Waals surface area contributed by atoms with Crippen molar-refractivity contribution in [1.82, 2.24) is 9.97 Å². The highest BCUT2D eigenvalue weighted by atomic mass is 79.9. The van der Waals surface area contributed by atoms with Crippen LogP contribution in [0.2, 0.25) is 5.02 Å². The van der Waals surface area contributed by atoms with Gasteiger partial charge in [-0.05, 0) is 28.1 Å². The number of hydrogen-bond donors (Lipinski definition) is 0. The molecule has 0 saturated carbocycles. The lowest BCUT2D eigenvalue weighted by molar-refractivity contribution is 0.463. The van der Waals surface area contributed by atoms with E-state index >= 15 is 0 Å². The van der Waals surface area contributed by atoms with Crippen molar-refractivity contribution in [2.24, 2.45) is 0 Å². The van der Waals surface area contributed by atoms with E-state index in [1.54, 1.807) is 6.07 Å². The Balaban J connectivity index is 2.06. The van der Waals surface area contributed by atoms with Gasteiger partial charge >= 0.3 is 0 Å². The van der Waals surface area contributed by atoms with Crippen LogP contribution in [-0.4, -0.2) is 9.97 Å². The Morgan fingerprint density at radius 2 is 1.86 bits per heavy atom. The second kappa shape index (κ2) is 6.00. The number of benzene rings is 2. The Labute approximate surface area is 136 Å². The lowest BCUT2D eigenvalue weighted by Gasteiger charge is -2.10. The number of nitrogens with zero attached hydrogens (tertiary/aromatic N) is 2. The molecule has 0 aliphatic heterocycles. The van der Waals surface area contributed by atoms with Crippen LogP contribution in [0.1, 0.15) is 12.7 Å². The molecule has 0 fully saturated rings. The Morgan fingerprint density at radius 3 is 2.62 bits per heavy atom. The molecule has 106 valence electrons. The first-order chi connectivity index (χ1) is 10.2. The summed E-state index contributed by atoms with van der Waals surface area (Å²) < 4.78 is 6.64. The number of halogens is 2. The normalized spacial score (nSPS) is 10.8. The monoisotopic (exact) mass is 362 g/mol. The second-order valence-electron chi connectivity index (χ2n) is 4.49. The molecule has 0 aliphatic carbocycles. The average molecular weight is 364 g/mol. The third-order valence-electron chi connectivity index (χ3n) is 3.08. The van der Waals surface area contributed by atoms with Gasteiger partial charge < -0.3 is 4.74 Å². The third kappa shape index (κ3) is 3.01. The molecule has 0 unspecified atom stereocenters. The molecule has 0 amide bonds. The van der Waals surface area contributed by atoms with E-state index in [0.29, 0.717) is 15.5 Å². The highest BCUT2D eigenvalue weighted by Gasteiger charge is 2.09. The van der Waals surface area contributed by atoms with E-state index in [0.717, 1.165) is 28.8 Å². The lowest BCUT2D eigenvalue weighted by Crippen LogP contribution is -1.97. The van der Waals surface area contributed by atoms with Crippen LogP contribution >= 0.6 is 27.5 Å². The van der Waals surface area contributed by atoms with E-state index in [-0.39, 0.29) is 0 Å². The number of aromatic nitrogens is 2. The lowest BCUT2D eigenvalue weighted by atomic mass is 10.1. The molecule has 0 N–H and O–H groups in total. The molecule has 0 radical (unpaired) electrons. The maximum atomic E-state index is 6.22. The number of aryl methyl sites for hydroxylation is 1. The van der Waals surface area contributed by atoms with E-state index in [1.165, 1.54) is 0 Å².